The van der Waals surface area contributed by atoms with Crippen LogP contribution in [0.2, 0.25) is 0 Å². The molecule has 1 heterocycles. The van der Waals surface area contributed by atoms with Crippen molar-refractivity contribution in [2.75, 3.05) is 5.33 Å². The van der Waals surface area contributed by atoms with Crippen molar-refractivity contribution in [3.8, 4) is 0 Å². The van der Waals surface area contributed by atoms with Gasteiger partial charge in [0, 0.05) is 0 Å². The Bertz CT molecular complexity index is 269. The van der Waals surface area contributed by atoms with Gasteiger partial charge in [-0.15, -0.1) is 0 Å². The molecule has 72 valence electrons. The summed E-state index contributed by atoms with van der Waals surface area (Å²) in [6, 6.07) is 0. The number of carbonyl (C=O) groups excluding carboxylic acids is 1. The topological polar surface area (TPSA) is 38.3 Å². The zero-order valence-corrected chi connectivity index (χ0v) is 9.22. The van der Waals surface area contributed by atoms with Crippen molar-refractivity contribution in [1.82, 2.24) is 5.32 Å². The first-order valence-corrected chi connectivity index (χ1v) is 5.09. The van der Waals surface area contributed by atoms with Gasteiger partial charge in [0.05, 0.1) is 11.0 Å². The van der Waals surface area contributed by atoms with Gasteiger partial charge in [-0.3, -0.25) is 4.79 Å². The number of rotatable bonds is 3. The van der Waals surface area contributed by atoms with Crippen LogP contribution in [0.4, 0.5) is 0 Å². The molecule has 0 atom stereocenters. The summed E-state index contributed by atoms with van der Waals surface area (Å²) in [4.78, 5) is 10.9. The van der Waals surface area contributed by atoms with E-state index < -0.39 is 0 Å². The molecule has 3 nitrogen and oxygen atoms in total. The van der Waals surface area contributed by atoms with E-state index in [0.717, 1.165) is 5.70 Å². The molecule has 0 radical (unpaired) electrons. The third kappa shape index (κ3) is 3.22. The minimum absolute atomic E-state index is 0.0346. The second kappa shape index (κ2) is 3.96. The molecule has 4 heteroatoms. The molecule has 0 bridgehead atoms. The van der Waals surface area contributed by atoms with Crippen molar-refractivity contribution in [3.63, 3.8) is 0 Å². The summed E-state index contributed by atoms with van der Waals surface area (Å²) in [6.45, 7) is 3.83. The van der Waals surface area contributed by atoms with Gasteiger partial charge >= 0.3 is 0 Å². The van der Waals surface area contributed by atoms with Crippen LogP contribution in [0.1, 0.15) is 13.8 Å². The molecule has 1 N–H and O–H groups in total. The average Bonchev–Trinajstić information content (AvgIpc) is 2.41. The molecule has 0 aromatic heterocycles. The number of halogens is 1. The lowest BCUT2D eigenvalue weighted by atomic mass is 10.3. The third-order valence-corrected chi connectivity index (χ3v) is 2.06. The first-order valence-electron chi connectivity index (χ1n) is 3.96. The van der Waals surface area contributed by atoms with E-state index in [0.29, 0.717) is 5.33 Å². The maximum Gasteiger partial charge on any atom is 0.174 e. The van der Waals surface area contributed by atoms with E-state index in [1.807, 2.05) is 13.8 Å². The normalized spacial score (nSPS) is 19.5. The highest BCUT2D eigenvalue weighted by Crippen LogP contribution is 2.16. The number of ketones is 1. The molecule has 1 aliphatic heterocycles. The molecular weight excluding hydrogens is 234 g/mol. The molecule has 0 fully saturated rings. The fraction of sp³-hybridized carbons (Fsp3) is 0.444. The van der Waals surface area contributed by atoms with Crippen molar-refractivity contribution in [2.45, 2.75) is 19.6 Å². The Labute approximate surface area is 86.0 Å². The summed E-state index contributed by atoms with van der Waals surface area (Å²) in [5.41, 5.74) is 0.455. The predicted molar refractivity (Wildman–Crippen MR) is 54.3 cm³/mol. The minimum Gasteiger partial charge on any atom is -0.474 e. The van der Waals surface area contributed by atoms with Crippen LogP contribution in [0.15, 0.2) is 24.1 Å². The van der Waals surface area contributed by atoms with Crippen molar-refractivity contribution in [1.29, 1.82) is 0 Å². The smallest absolute Gasteiger partial charge is 0.174 e. The standard InChI is InChI=1S/C9H12BrNO2/c1-9(2)11-7(6-13-9)3-4-8(12)5-10/h3-4,6,11H,5H2,1-2H3/b4-3+. The molecule has 0 aromatic rings. The number of hydrogen-bond donors (Lipinski definition) is 1. The minimum atomic E-state index is -0.364. The van der Waals surface area contributed by atoms with Gasteiger partial charge in [0.25, 0.3) is 0 Å². The third-order valence-electron chi connectivity index (χ3n) is 1.51. The lowest BCUT2D eigenvalue weighted by molar-refractivity contribution is -0.112. The highest BCUT2D eigenvalue weighted by atomic mass is 79.9. The summed E-state index contributed by atoms with van der Waals surface area (Å²) < 4.78 is 5.27. The Kier molecular flexibility index (Phi) is 3.14. The summed E-state index contributed by atoms with van der Waals surface area (Å²) in [5.74, 6) is 0.0346. The number of alkyl halides is 1. The summed E-state index contributed by atoms with van der Waals surface area (Å²) in [5, 5.41) is 3.44. The van der Waals surface area contributed by atoms with Crippen molar-refractivity contribution >= 4 is 21.7 Å². The van der Waals surface area contributed by atoms with Crippen LogP contribution in [0.3, 0.4) is 0 Å². The van der Waals surface area contributed by atoms with Gasteiger partial charge in [-0.2, -0.15) is 0 Å². The van der Waals surface area contributed by atoms with Crippen molar-refractivity contribution in [2.24, 2.45) is 0 Å². The van der Waals surface area contributed by atoms with Gasteiger partial charge in [0.1, 0.15) is 6.26 Å². The van der Waals surface area contributed by atoms with Gasteiger partial charge in [-0.25, -0.2) is 0 Å². The fourth-order valence-corrected chi connectivity index (χ4v) is 1.11. The van der Waals surface area contributed by atoms with E-state index in [4.69, 9.17) is 4.74 Å². The molecule has 0 unspecified atom stereocenters. The first-order chi connectivity index (χ1) is 6.03. The highest BCUT2D eigenvalue weighted by Gasteiger charge is 2.23. The molecule has 0 aliphatic carbocycles. The van der Waals surface area contributed by atoms with E-state index in [2.05, 4.69) is 21.2 Å². The van der Waals surface area contributed by atoms with Crippen molar-refractivity contribution in [3.05, 3.63) is 24.1 Å². The monoisotopic (exact) mass is 245 g/mol. The molecule has 0 spiro atoms. The molecule has 0 amide bonds. The van der Waals surface area contributed by atoms with Crippen LogP contribution in [-0.4, -0.2) is 16.8 Å². The van der Waals surface area contributed by atoms with Gasteiger partial charge in [0.15, 0.2) is 11.5 Å². The summed E-state index contributed by atoms with van der Waals surface area (Å²) in [6.07, 6.45) is 4.83. The average molecular weight is 246 g/mol. The van der Waals surface area contributed by atoms with E-state index in [9.17, 15) is 4.79 Å². The molecule has 1 aliphatic rings. The summed E-state index contributed by atoms with van der Waals surface area (Å²) >= 11 is 3.07. The molecule has 1 rings (SSSR count). The van der Waals surface area contributed by atoms with Crippen LogP contribution in [0.25, 0.3) is 0 Å². The van der Waals surface area contributed by atoms with E-state index in [1.54, 1.807) is 12.3 Å². The van der Waals surface area contributed by atoms with E-state index in [1.165, 1.54) is 6.08 Å². The quantitative estimate of drug-likeness (QED) is 0.608. The molecule has 0 saturated heterocycles. The maximum absolute atomic E-state index is 10.9. The number of hydrogen-bond acceptors (Lipinski definition) is 3. The first kappa shape index (κ1) is 10.3. The fourth-order valence-electron chi connectivity index (χ4n) is 0.926. The SMILES string of the molecule is CC1(C)NC(/C=C/C(=O)CBr)=CO1. The van der Waals surface area contributed by atoms with Gasteiger partial charge in [0.2, 0.25) is 0 Å². The number of allylic oxidation sites excluding steroid dienone is 2. The Morgan fingerprint density at radius 2 is 2.46 bits per heavy atom. The van der Waals surface area contributed by atoms with Crippen LogP contribution < -0.4 is 5.32 Å². The Hall–Kier alpha value is -0.770. The van der Waals surface area contributed by atoms with Crippen LogP contribution in [0, 0.1) is 0 Å². The lowest BCUT2D eigenvalue weighted by Gasteiger charge is -2.18. The maximum atomic E-state index is 10.9. The Morgan fingerprint density at radius 3 is 2.92 bits per heavy atom. The summed E-state index contributed by atoms with van der Waals surface area (Å²) in [7, 11) is 0. The number of ether oxygens (including phenoxy) is 1. The molecule has 0 aromatic carbocycles. The largest absolute Gasteiger partial charge is 0.474 e. The second-order valence-electron chi connectivity index (χ2n) is 3.26. The molecular formula is C9H12BrNO2. The zero-order chi connectivity index (χ0) is 9.90. The molecule has 0 saturated carbocycles. The lowest BCUT2D eigenvalue weighted by Crippen LogP contribution is -2.34. The number of nitrogens with one attached hydrogen (secondary N) is 1. The highest BCUT2D eigenvalue weighted by molar-refractivity contribution is 9.09. The Balaban J connectivity index is 2.49. The van der Waals surface area contributed by atoms with Crippen LogP contribution >= 0.6 is 15.9 Å². The Morgan fingerprint density at radius 1 is 1.77 bits per heavy atom. The van der Waals surface area contributed by atoms with Crippen LogP contribution in [0.5, 0.6) is 0 Å². The van der Waals surface area contributed by atoms with E-state index in [-0.39, 0.29) is 11.5 Å². The number of carbonyl (C=O) groups is 1. The second-order valence-corrected chi connectivity index (χ2v) is 3.82. The van der Waals surface area contributed by atoms with Crippen molar-refractivity contribution < 1.29 is 9.53 Å². The molecule has 13 heavy (non-hydrogen) atoms. The van der Waals surface area contributed by atoms with Gasteiger partial charge < -0.3 is 10.1 Å². The van der Waals surface area contributed by atoms with Gasteiger partial charge in [-0.1, -0.05) is 15.9 Å². The van der Waals surface area contributed by atoms with E-state index >= 15 is 0 Å². The predicted octanol–water partition coefficient (Wildman–Crippen LogP) is 1.70. The zero-order valence-electron chi connectivity index (χ0n) is 7.63. The van der Waals surface area contributed by atoms with Gasteiger partial charge in [-0.05, 0) is 26.0 Å². The van der Waals surface area contributed by atoms with Crippen LogP contribution in [-0.2, 0) is 9.53 Å².